The lowest BCUT2D eigenvalue weighted by atomic mass is 10.1. The van der Waals surface area contributed by atoms with Gasteiger partial charge in [0.2, 0.25) is 5.91 Å². The summed E-state index contributed by atoms with van der Waals surface area (Å²) in [6.45, 7) is 1.81. The molecule has 1 heterocycles. The molecule has 0 fully saturated rings. The van der Waals surface area contributed by atoms with Gasteiger partial charge in [-0.25, -0.2) is 4.98 Å². The first-order valence-corrected chi connectivity index (χ1v) is 11.8. The van der Waals surface area contributed by atoms with Crippen LogP contribution in [0.4, 0.5) is 0 Å². The second kappa shape index (κ2) is 11.9. The number of para-hydroxylation sites is 2. The monoisotopic (exact) mass is 473 g/mol. The molecule has 0 atom stereocenters. The maximum absolute atomic E-state index is 12.3. The third-order valence-electron chi connectivity index (χ3n) is 5.80. The Hall–Kier alpha value is -4.00. The van der Waals surface area contributed by atoms with E-state index in [1.807, 2.05) is 66.7 Å². The molecule has 0 aliphatic carbocycles. The minimum atomic E-state index is 0.0107. The predicted molar refractivity (Wildman–Crippen MR) is 136 cm³/mol. The normalized spacial score (nSPS) is 10.8. The highest BCUT2D eigenvalue weighted by molar-refractivity contribution is 5.78. The number of hydrogen-bond donors (Lipinski definition) is 1. The first kappa shape index (κ1) is 24.1. The van der Waals surface area contributed by atoms with Crippen LogP contribution in [0.15, 0.2) is 72.8 Å². The Morgan fingerprint density at radius 2 is 1.54 bits per heavy atom. The van der Waals surface area contributed by atoms with Crippen molar-refractivity contribution in [2.24, 2.45) is 0 Å². The number of carbonyl (C=O) groups excluding carboxylic acids is 1. The highest BCUT2D eigenvalue weighted by atomic mass is 16.5. The second-order valence-corrected chi connectivity index (χ2v) is 8.17. The van der Waals surface area contributed by atoms with Crippen molar-refractivity contribution < 1.29 is 19.0 Å². The van der Waals surface area contributed by atoms with Gasteiger partial charge in [0.15, 0.2) is 0 Å². The molecule has 182 valence electrons. The molecule has 0 saturated heterocycles. The molecule has 4 rings (SSSR count). The Bertz CT molecular complexity index is 1230. The van der Waals surface area contributed by atoms with Crippen LogP contribution in [0.2, 0.25) is 0 Å². The van der Waals surface area contributed by atoms with Gasteiger partial charge >= 0.3 is 0 Å². The molecule has 0 saturated carbocycles. The number of imidazole rings is 1. The fourth-order valence-corrected chi connectivity index (χ4v) is 3.96. The summed E-state index contributed by atoms with van der Waals surface area (Å²) in [6, 6.07) is 23.3. The summed E-state index contributed by atoms with van der Waals surface area (Å²) in [7, 11) is 3.28. The molecule has 7 heteroatoms. The van der Waals surface area contributed by atoms with E-state index in [4.69, 9.17) is 19.2 Å². The van der Waals surface area contributed by atoms with Crippen LogP contribution in [0.3, 0.4) is 0 Å². The maximum atomic E-state index is 12.3. The fourth-order valence-electron chi connectivity index (χ4n) is 3.96. The zero-order valence-corrected chi connectivity index (χ0v) is 20.2. The minimum absolute atomic E-state index is 0.0107. The van der Waals surface area contributed by atoms with E-state index >= 15 is 0 Å². The van der Waals surface area contributed by atoms with Crippen molar-refractivity contribution in [3.63, 3.8) is 0 Å². The van der Waals surface area contributed by atoms with E-state index in [-0.39, 0.29) is 5.91 Å². The number of hydrogen-bond acceptors (Lipinski definition) is 5. The molecule has 0 unspecified atom stereocenters. The van der Waals surface area contributed by atoms with Crippen LogP contribution < -0.4 is 19.5 Å². The van der Waals surface area contributed by atoms with Crippen molar-refractivity contribution >= 4 is 16.9 Å². The highest BCUT2D eigenvalue weighted by Gasteiger charge is 2.11. The Kier molecular flexibility index (Phi) is 8.22. The van der Waals surface area contributed by atoms with E-state index in [1.54, 1.807) is 14.2 Å². The minimum Gasteiger partial charge on any atom is -0.497 e. The number of rotatable bonds is 12. The molecule has 1 N–H and O–H groups in total. The lowest BCUT2D eigenvalue weighted by molar-refractivity contribution is -0.120. The van der Waals surface area contributed by atoms with Crippen LogP contribution in [-0.2, 0) is 24.2 Å². The lowest BCUT2D eigenvalue weighted by Crippen LogP contribution is -2.26. The number of aryl methyl sites for hydroxylation is 1. The summed E-state index contributed by atoms with van der Waals surface area (Å²) >= 11 is 0. The number of fused-ring (bicyclic) bond motifs is 1. The summed E-state index contributed by atoms with van der Waals surface area (Å²) in [6.07, 6.45) is 1.92. The number of nitrogens with one attached hydrogen (secondary N) is 1. The van der Waals surface area contributed by atoms with Crippen molar-refractivity contribution in [1.82, 2.24) is 14.9 Å². The Morgan fingerprint density at radius 3 is 2.26 bits per heavy atom. The molecule has 35 heavy (non-hydrogen) atoms. The maximum Gasteiger partial charge on any atom is 0.224 e. The molecule has 0 aliphatic rings. The van der Waals surface area contributed by atoms with E-state index in [2.05, 4.69) is 16.0 Å². The van der Waals surface area contributed by atoms with E-state index in [1.165, 1.54) is 0 Å². The van der Waals surface area contributed by atoms with Gasteiger partial charge in [-0.05, 0) is 60.5 Å². The molecular weight excluding hydrogens is 442 g/mol. The molecule has 4 aromatic rings. The smallest absolute Gasteiger partial charge is 0.224 e. The van der Waals surface area contributed by atoms with Crippen LogP contribution in [0, 0.1) is 0 Å². The molecule has 1 amide bonds. The summed E-state index contributed by atoms with van der Waals surface area (Å²) in [5.74, 6) is 3.39. The van der Waals surface area contributed by atoms with Gasteiger partial charge in [0.1, 0.15) is 29.7 Å². The number of benzene rings is 3. The van der Waals surface area contributed by atoms with Crippen LogP contribution in [-0.4, -0.2) is 42.8 Å². The Balaban J connectivity index is 1.30. The number of carbonyl (C=O) groups is 1. The quantitative estimate of drug-likeness (QED) is 0.308. The molecule has 0 bridgehead atoms. The van der Waals surface area contributed by atoms with Gasteiger partial charge in [0.05, 0.1) is 38.2 Å². The number of methoxy groups -OCH3 is 2. The van der Waals surface area contributed by atoms with Crippen LogP contribution in [0.5, 0.6) is 17.2 Å². The van der Waals surface area contributed by atoms with Gasteiger partial charge in [0, 0.05) is 13.0 Å². The van der Waals surface area contributed by atoms with Crippen LogP contribution in [0.25, 0.3) is 11.0 Å². The van der Waals surface area contributed by atoms with E-state index < -0.39 is 0 Å². The number of aromatic nitrogens is 2. The van der Waals surface area contributed by atoms with Gasteiger partial charge in [-0.3, -0.25) is 4.79 Å². The summed E-state index contributed by atoms with van der Waals surface area (Å²) in [4.78, 5) is 17.1. The van der Waals surface area contributed by atoms with Crippen LogP contribution in [0.1, 0.15) is 17.8 Å². The van der Waals surface area contributed by atoms with E-state index in [0.29, 0.717) is 26.1 Å². The van der Waals surface area contributed by atoms with Crippen molar-refractivity contribution in [2.75, 3.05) is 27.4 Å². The molecule has 1 aromatic heterocycles. The zero-order chi connectivity index (χ0) is 24.5. The summed E-state index contributed by atoms with van der Waals surface area (Å²) in [5, 5.41) is 3.02. The topological polar surface area (TPSA) is 74.6 Å². The van der Waals surface area contributed by atoms with Gasteiger partial charge < -0.3 is 24.1 Å². The third-order valence-corrected chi connectivity index (χ3v) is 5.80. The van der Waals surface area contributed by atoms with Crippen molar-refractivity contribution in [3.05, 3.63) is 84.2 Å². The van der Waals surface area contributed by atoms with Gasteiger partial charge in [-0.15, -0.1) is 0 Å². The SMILES string of the molecule is COc1ccc(CC(=O)NCCCc2nc3ccccc3n2CCOc2ccc(OC)cc2)cc1. The van der Waals surface area contributed by atoms with E-state index in [9.17, 15) is 4.79 Å². The molecule has 0 aliphatic heterocycles. The summed E-state index contributed by atoms with van der Waals surface area (Å²) in [5.41, 5.74) is 3.02. The van der Waals surface area contributed by atoms with Crippen molar-refractivity contribution in [1.29, 1.82) is 0 Å². The van der Waals surface area contributed by atoms with Gasteiger partial charge in [-0.1, -0.05) is 24.3 Å². The second-order valence-electron chi connectivity index (χ2n) is 8.17. The van der Waals surface area contributed by atoms with E-state index in [0.717, 1.165) is 52.5 Å². The largest absolute Gasteiger partial charge is 0.497 e. The average molecular weight is 474 g/mol. The Labute approximate surface area is 205 Å². The third kappa shape index (κ3) is 6.53. The number of nitrogens with zero attached hydrogens (tertiary/aromatic N) is 2. The average Bonchev–Trinajstić information content (AvgIpc) is 3.25. The summed E-state index contributed by atoms with van der Waals surface area (Å²) < 4.78 is 18.5. The van der Waals surface area contributed by atoms with Crippen molar-refractivity contribution in [3.8, 4) is 17.2 Å². The Morgan fingerprint density at radius 1 is 0.886 bits per heavy atom. The fraction of sp³-hybridized carbons (Fsp3) is 0.286. The molecule has 0 spiro atoms. The molecule has 7 nitrogen and oxygen atoms in total. The molecular formula is C28H31N3O4. The predicted octanol–water partition coefficient (Wildman–Crippen LogP) is 4.42. The molecule has 0 radical (unpaired) electrons. The first-order chi connectivity index (χ1) is 17.2. The molecule has 3 aromatic carbocycles. The van der Waals surface area contributed by atoms with Crippen molar-refractivity contribution in [2.45, 2.75) is 25.8 Å². The number of ether oxygens (including phenoxy) is 3. The zero-order valence-electron chi connectivity index (χ0n) is 20.2. The van der Waals surface area contributed by atoms with Gasteiger partial charge in [-0.2, -0.15) is 0 Å². The standard InChI is InChI=1S/C28H31N3O4/c1-33-22-11-9-21(10-12-22)20-28(32)29-17-5-8-27-30-25-6-3-4-7-26(25)31(27)18-19-35-24-15-13-23(34-2)14-16-24/h3-4,6-7,9-16H,5,8,17-20H2,1-2H3,(H,29,32). The number of amides is 1. The highest BCUT2D eigenvalue weighted by Crippen LogP contribution is 2.19. The van der Waals surface area contributed by atoms with Crippen LogP contribution >= 0.6 is 0 Å². The van der Waals surface area contributed by atoms with Gasteiger partial charge in [0.25, 0.3) is 0 Å². The lowest BCUT2D eigenvalue weighted by Gasteiger charge is -2.11. The first-order valence-electron chi connectivity index (χ1n) is 11.8.